The Morgan fingerprint density at radius 1 is 1.56 bits per heavy atom. The van der Waals surface area contributed by atoms with E-state index >= 15 is 0 Å². The molecule has 0 saturated carbocycles. The van der Waals surface area contributed by atoms with Gasteiger partial charge in [-0.05, 0) is 12.1 Å². The lowest BCUT2D eigenvalue weighted by Gasteiger charge is -2.01. The maximum atomic E-state index is 11.4. The number of pyridine rings is 1. The van der Waals surface area contributed by atoms with E-state index in [4.69, 9.17) is 16.9 Å². The molecule has 1 amide bonds. The van der Waals surface area contributed by atoms with Crippen molar-refractivity contribution in [3.05, 3.63) is 40.8 Å². The molecule has 0 atom stereocenters. The van der Waals surface area contributed by atoms with Gasteiger partial charge in [0.15, 0.2) is 11.5 Å². The monoisotopic (exact) mass is 261 g/mol. The Morgan fingerprint density at radius 2 is 2.33 bits per heavy atom. The molecule has 2 aromatic rings. The third-order valence-corrected chi connectivity index (χ3v) is 2.39. The average molecular weight is 262 g/mol. The van der Waals surface area contributed by atoms with Crippen LogP contribution in [-0.2, 0) is 0 Å². The molecule has 0 unspecified atom stereocenters. The zero-order valence-corrected chi connectivity index (χ0v) is 10.1. The van der Waals surface area contributed by atoms with Crippen molar-refractivity contribution in [1.82, 2.24) is 20.1 Å². The van der Waals surface area contributed by atoms with E-state index in [1.54, 1.807) is 12.3 Å². The van der Waals surface area contributed by atoms with Gasteiger partial charge >= 0.3 is 0 Å². The molecule has 0 aliphatic heterocycles. The van der Waals surface area contributed by atoms with Gasteiger partial charge < -0.3 is 5.32 Å². The Hall–Kier alpha value is -2.39. The number of amides is 1. The van der Waals surface area contributed by atoms with Crippen LogP contribution in [0, 0.1) is 11.3 Å². The molecule has 0 aromatic carbocycles. The quantitative estimate of drug-likeness (QED) is 0.822. The van der Waals surface area contributed by atoms with E-state index in [-0.39, 0.29) is 16.8 Å². The van der Waals surface area contributed by atoms with Gasteiger partial charge in [-0.1, -0.05) is 11.6 Å². The van der Waals surface area contributed by atoms with E-state index in [1.165, 1.54) is 23.9 Å². The molecule has 0 radical (unpaired) electrons. The van der Waals surface area contributed by atoms with Gasteiger partial charge in [0.2, 0.25) is 0 Å². The fraction of sp³-hybridized carbons (Fsp3) is 0.0909. The lowest BCUT2D eigenvalue weighted by Crippen LogP contribution is -2.18. The summed E-state index contributed by atoms with van der Waals surface area (Å²) in [5.74, 6) is 0.0884. The summed E-state index contributed by atoms with van der Waals surface area (Å²) in [4.78, 5) is 15.4. The average Bonchev–Trinajstić information content (AvgIpc) is 2.86. The van der Waals surface area contributed by atoms with Crippen LogP contribution in [0.25, 0.3) is 5.82 Å². The van der Waals surface area contributed by atoms with Crippen molar-refractivity contribution in [1.29, 1.82) is 5.26 Å². The third-order valence-electron chi connectivity index (χ3n) is 2.19. The van der Waals surface area contributed by atoms with Crippen LogP contribution in [0.4, 0.5) is 0 Å². The lowest BCUT2D eigenvalue weighted by molar-refractivity contribution is 0.0957. The van der Waals surface area contributed by atoms with Gasteiger partial charge in [0, 0.05) is 19.3 Å². The molecule has 0 bridgehead atoms. The number of rotatable bonds is 2. The SMILES string of the molecule is CNC(=O)c1ccn(-c2cc(C#N)cc(Cl)n2)n1. The third kappa shape index (κ3) is 2.31. The number of hydrogen-bond donors (Lipinski definition) is 1. The zero-order chi connectivity index (χ0) is 13.1. The van der Waals surface area contributed by atoms with E-state index in [9.17, 15) is 4.79 Å². The number of nitrogens with one attached hydrogen (secondary N) is 1. The van der Waals surface area contributed by atoms with Crippen LogP contribution >= 0.6 is 11.6 Å². The summed E-state index contributed by atoms with van der Waals surface area (Å²) in [6.45, 7) is 0. The molecule has 2 heterocycles. The van der Waals surface area contributed by atoms with Crippen LogP contribution in [0.3, 0.4) is 0 Å². The maximum Gasteiger partial charge on any atom is 0.271 e. The minimum absolute atomic E-state index is 0.195. The van der Waals surface area contributed by atoms with E-state index < -0.39 is 0 Å². The Morgan fingerprint density at radius 3 is 3.00 bits per heavy atom. The summed E-state index contributed by atoms with van der Waals surface area (Å²) in [6.07, 6.45) is 1.57. The van der Waals surface area contributed by atoms with Gasteiger partial charge in [-0.2, -0.15) is 10.4 Å². The molecule has 1 N–H and O–H groups in total. The number of carbonyl (C=O) groups is 1. The molecule has 0 aliphatic carbocycles. The Labute approximate surface area is 108 Å². The fourth-order valence-electron chi connectivity index (χ4n) is 1.37. The van der Waals surface area contributed by atoms with Gasteiger partial charge in [-0.15, -0.1) is 0 Å². The van der Waals surface area contributed by atoms with Crippen molar-refractivity contribution >= 4 is 17.5 Å². The molecule has 0 aliphatic rings. The number of halogens is 1. The highest BCUT2D eigenvalue weighted by atomic mass is 35.5. The number of aromatic nitrogens is 3. The largest absolute Gasteiger partial charge is 0.354 e. The minimum Gasteiger partial charge on any atom is -0.354 e. The zero-order valence-electron chi connectivity index (χ0n) is 9.38. The van der Waals surface area contributed by atoms with E-state index in [2.05, 4.69) is 15.4 Å². The Bertz CT molecular complexity index is 643. The van der Waals surface area contributed by atoms with Crippen LogP contribution in [0.5, 0.6) is 0 Å². The molecular weight excluding hydrogens is 254 g/mol. The number of nitriles is 1. The lowest BCUT2D eigenvalue weighted by atomic mass is 10.3. The summed E-state index contributed by atoms with van der Waals surface area (Å²) in [5, 5.41) is 15.5. The van der Waals surface area contributed by atoms with Crippen molar-refractivity contribution in [2.45, 2.75) is 0 Å². The predicted molar refractivity (Wildman–Crippen MR) is 64.5 cm³/mol. The molecule has 0 saturated heterocycles. The second kappa shape index (κ2) is 4.85. The molecule has 18 heavy (non-hydrogen) atoms. The second-order valence-corrected chi connectivity index (χ2v) is 3.76. The summed E-state index contributed by atoms with van der Waals surface area (Å²) >= 11 is 5.79. The first-order valence-electron chi connectivity index (χ1n) is 5.00. The molecule has 6 nitrogen and oxygen atoms in total. The van der Waals surface area contributed by atoms with Crippen molar-refractivity contribution in [2.75, 3.05) is 7.05 Å². The van der Waals surface area contributed by atoms with Gasteiger partial charge in [0.1, 0.15) is 5.15 Å². The molecule has 2 aromatic heterocycles. The van der Waals surface area contributed by atoms with Crippen molar-refractivity contribution < 1.29 is 4.79 Å². The Balaban J connectivity index is 2.43. The smallest absolute Gasteiger partial charge is 0.271 e. The van der Waals surface area contributed by atoms with Gasteiger partial charge in [0.25, 0.3) is 5.91 Å². The topological polar surface area (TPSA) is 83.6 Å². The molecule has 0 spiro atoms. The highest BCUT2D eigenvalue weighted by Crippen LogP contribution is 2.13. The van der Waals surface area contributed by atoms with E-state index in [0.29, 0.717) is 11.4 Å². The molecular formula is C11H8ClN5O. The molecule has 0 fully saturated rings. The summed E-state index contributed by atoms with van der Waals surface area (Å²) in [5.41, 5.74) is 0.639. The fourth-order valence-corrected chi connectivity index (χ4v) is 1.57. The summed E-state index contributed by atoms with van der Waals surface area (Å²) in [7, 11) is 1.52. The van der Waals surface area contributed by atoms with Crippen LogP contribution in [0.1, 0.15) is 16.1 Å². The van der Waals surface area contributed by atoms with E-state index in [0.717, 1.165) is 0 Å². The number of hydrogen-bond acceptors (Lipinski definition) is 4. The number of carbonyl (C=O) groups excluding carboxylic acids is 1. The van der Waals surface area contributed by atoms with Crippen LogP contribution in [-0.4, -0.2) is 27.7 Å². The minimum atomic E-state index is -0.295. The summed E-state index contributed by atoms with van der Waals surface area (Å²) in [6, 6.07) is 6.51. The van der Waals surface area contributed by atoms with Crippen molar-refractivity contribution in [3.63, 3.8) is 0 Å². The maximum absolute atomic E-state index is 11.4. The van der Waals surface area contributed by atoms with Crippen LogP contribution in [0.15, 0.2) is 24.4 Å². The molecule has 7 heteroatoms. The van der Waals surface area contributed by atoms with Gasteiger partial charge in [0.05, 0.1) is 11.6 Å². The van der Waals surface area contributed by atoms with Gasteiger partial charge in [-0.25, -0.2) is 9.67 Å². The molecule has 90 valence electrons. The predicted octanol–water partition coefficient (Wildman–Crippen LogP) is 1.15. The normalized spacial score (nSPS) is 9.83. The number of nitrogens with zero attached hydrogens (tertiary/aromatic N) is 4. The van der Waals surface area contributed by atoms with E-state index in [1.807, 2.05) is 6.07 Å². The first-order chi connectivity index (χ1) is 8.63. The summed E-state index contributed by atoms with van der Waals surface area (Å²) < 4.78 is 1.39. The van der Waals surface area contributed by atoms with Gasteiger partial charge in [-0.3, -0.25) is 4.79 Å². The van der Waals surface area contributed by atoms with Crippen LogP contribution < -0.4 is 5.32 Å². The van der Waals surface area contributed by atoms with Crippen LogP contribution in [0.2, 0.25) is 5.15 Å². The highest BCUT2D eigenvalue weighted by molar-refractivity contribution is 6.29. The standard InChI is InChI=1S/C11H8ClN5O/c1-14-11(18)8-2-3-17(16-8)10-5-7(6-13)4-9(12)15-10/h2-5H,1H3,(H,14,18). The molecule has 2 rings (SSSR count). The first kappa shape index (κ1) is 12.1. The highest BCUT2D eigenvalue weighted by Gasteiger charge is 2.09. The second-order valence-electron chi connectivity index (χ2n) is 3.37. The van der Waals surface area contributed by atoms with Crippen molar-refractivity contribution in [2.24, 2.45) is 0 Å². The Kier molecular flexibility index (Phi) is 3.26. The van der Waals surface area contributed by atoms with Crippen molar-refractivity contribution in [3.8, 4) is 11.9 Å². The first-order valence-corrected chi connectivity index (χ1v) is 5.37.